The molecule has 106 valence electrons. The summed E-state index contributed by atoms with van der Waals surface area (Å²) in [5.41, 5.74) is 0.820. The summed E-state index contributed by atoms with van der Waals surface area (Å²) >= 11 is 0. The minimum Gasteiger partial charge on any atom is -0.314 e. The third kappa shape index (κ3) is 4.02. The highest BCUT2D eigenvalue weighted by Gasteiger charge is 2.23. The summed E-state index contributed by atoms with van der Waals surface area (Å²) in [6.45, 7) is 8.37. The van der Waals surface area contributed by atoms with Gasteiger partial charge in [0.05, 0.1) is 0 Å². The number of halogens is 1. The van der Waals surface area contributed by atoms with Crippen LogP contribution >= 0.6 is 0 Å². The van der Waals surface area contributed by atoms with E-state index in [1.165, 1.54) is 12.8 Å². The fourth-order valence-electron chi connectivity index (χ4n) is 2.97. The van der Waals surface area contributed by atoms with Crippen LogP contribution in [0.3, 0.4) is 0 Å². The maximum absolute atomic E-state index is 13.6. The Balaban J connectivity index is 1.82. The first kappa shape index (κ1) is 14.5. The second kappa shape index (κ2) is 7.01. The maximum atomic E-state index is 13.6. The lowest BCUT2D eigenvalue weighted by molar-refractivity contribution is 0.156. The zero-order valence-electron chi connectivity index (χ0n) is 12.0. The van der Waals surface area contributed by atoms with Crippen molar-refractivity contribution in [1.82, 2.24) is 10.2 Å². The highest BCUT2D eigenvalue weighted by Crippen LogP contribution is 2.22. The molecule has 1 fully saturated rings. The summed E-state index contributed by atoms with van der Waals surface area (Å²) in [4.78, 5) is 2.37. The minimum atomic E-state index is -0.0781. The largest absolute Gasteiger partial charge is 0.314 e. The van der Waals surface area contributed by atoms with E-state index in [0.29, 0.717) is 6.04 Å². The summed E-state index contributed by atoms with van der Waals surface area (Å²) in [7, 11) is 0. The van der Waals surface area contributed by atoms with Gasteiger partial charge in [0.2, 0.25) is 0 Å². The van der Waals surface area contributed by atoms with Crippen LogP contribution in [-0.4, -0.2) is 30.6 Å². The van der Waals surface area contributed by atoms with E-state index in [1.54, 1.807) is 12.1 Å². The quantitative estimate of drug-likeness (QED) is 0.879. The van der Waals surface area contributed by atoms with Crippen LogP contribution in [0, 0.1) is 11.7 Å². The molecule has 0 bridgehead atoms. The maximum Gasteiger partial charge on any atom is 0.127 e. The number of benzene rings is 1. The van der Waals surface area contributed by atoms with Crippen LogP contribution in [0.25, 0.3) is 0 Å². The Morgan fingerprint density at radius 3 is 2.63 bits per heavy atom. The highest BCUT2D eigenvalue weighted by molar-refractivity contribution is 5.17. The predicted molar refractivity (Wildman–Crippen MR) is 77.5 cm³/mol. The van der Waals surface area contributed by atoms with Crippen LogP contribution in [0.1, 0.15) is 32.3 Å². The van der Waals surface area contributed by atoms with Crippen molar-refractivity contribution in [3.8, 4) is 0 Å². The average molecular weight is 264 g/mol. The lowest BCUT2D eigenvalue weighted by Crippen LogP contribution is -2.41. The van der Waals surface area contributed by atoms with Crippen molar-refractivity contribution in [1.29, 1.82) is 0 Å². The molecule has 1 unspecified atom stereocenters. The molecule has 0 spiro atoms. The normalized spacial score (nSPS) is 19.5. The molecule has 0 aromatic heterocycles. The van der Waals surface area contributed by atoms with Crippen LogP contribution in [0.4, 0.5) is 4.39 Å². The summed E-state index contributed by atoms with van der Waals surface area (Å²) in [6.07, 6.45) is 2.42. The molecule has 3 heteroatoms. The van der Waals surface area contributed by atoms with Gasteiger partial charge in [-0.25, -0.2) is 4.39 Å². The van der Waals surface area contributed by atoms with Crippen molar-refractivity contribution in [2.24, 2.45) is 5.92 Å². The molecule has 1 aromatic carbocycles. The Kier molecular flexibility index (Phi) is 5.34. The fourth-order valence-corrected chi connectivity index (χ4v) is 2.97. The summed E-state index contributed by atoms with van der Waals surface area (Å²) < 4.78 is 13.6. The number of nitrogens with one attached hydrogen (secondary N) is 1. The van der Waals surface area contributed by atoms with Crippen molar-refractivity contribution in [2.45, 2.75) is 39.3 Å². The van der Waals surface area contributed by atoms with Crippen LogP contribution in [0.15, 0.2) is 24.3 Å². The van der Waals surface area contributed by atoms with E-state index in [-0.39, 0.29) is 5.82 Å². The number of hydrogen-bond donors (Lipinski definition) is 1. The Morgan fingerprint density at radius 2 is 2.00 bits per heavy atom. The number of likely N-dealkylation sites (tertiary alicyclic amines) is 1. The Hall–Kier alpha value is -0.930. The SMILES string of the molecule is CCNC(C)C1CCN(Cc2ccccc2F)CC1. The molecule has 1 atom stereocenters. The van der Waals surface area contributed by atoms with Gasteiger partial charge in [0.1, 0.15) is 5.82 Å². The molecule has 0 amide bonds. The molecule has 1 N–H and O–H groups in total. The Bertz CT molecular complexity index is 386. The molecule has 19 heavy (non-hydrogen) atoms. The molecule has 2 nitrogen and oxygen atoms in total. The molecular formula is C16H25FN2. The smallest absolute Gasteiger partial charge is 0.127 e. The zero-order valence-corrected chi connectivity index (χ0v) is 12.0. The number of hydrogen-bond acceptors (Lipinski definition) is 2. The molecule has 0 radical (unpaired) electrons. The van der Waals surface area contributed by atoms with Gasteiger partial charge in [-0.2, -0.15) is 0 Å². The lowest BCUT2D eigenvalue weighted by Gasteiger charge is -2.35. The first-order valence-electron chi connectivity index (χ1n) is 7.40. The summed E-state index contributed by atoms with van der Waals surface area (Å²) in [5, 5.41) is 3.51. The van der Waals surface area contributed by atoms with E-state index in [2.05, 4.69) is 24.1 Å². The average Bonchev–Trinajstić information content (AvgIpc) is 2.42. The molecule has 1 saturated heterocycles. The van der Waals surface area contributed by atoms with Gasteiger partial charge < -0.3 is 5.32 Å². The molecule has 1 aliphatic heterocycles. The molecule has 1 aliphatic rings. The van der Waals surface area contributed by atoms with Gasteiger partial charge in [-0.15, -0.1) is 0 Å². The second-order valence-electron chi connectivity index (χ2n) is 5.55. The van der Waals surface area contributed by atoms with Crippen LogP contribution in [0.2, 0.25) is 0 Å². The third-order valence-corrected chi connectivity index (χ3v) is 4.22. The number of nitrogens with zero attached hydrogens (tertiary/aromatic N) is 1. The minimum absolute atomic E-state index is 0.0781. The summed E-state index contributed by atoms with van der Waals surface area (Å²) in [6, 6.07) is 7.71. The van der Waals surface area contributed by atoms with Crippen LogP contribution < -0.4 is 5.32 Å². The molecule has 0 saturated carbocycles. The third-order valence-electron chi connectivity index (χ3n) is 4.22. The molecule has 2 rings (SSSR count). The van der Waals surface area contributed by atoms with Crippen molar-refractivity contribution >= 4 is 0 Å². The first-order chi connectivity index (χ1) is 9.20. The Morgan fingerprint density at radius 1 is 1.32 bits per heavy atom. The number of piperidine rings is 1. The number of rotatable bonds is 5. The topological polar surface area (TPSA) is 15.3 Å². The van der Waals surface area contributed by atoms with Gasteiger partial charge in [-0.3, -0.25) is 4.90 Å². The standard InChI is InChI=1S/C16H25FN2/c1-3-18-13(2)14-8-10-19(11-9-14)12-15-6-4-5-7-16(15)17/h4-7,13-14,18H,3,8-12H2,1-2H3. The van der Waals surface area contributed by atoms with Gasteiger partial charge in [0.15, 0.2) is 0 Å². The van der Waals surface area contributed by atoms with Crippen molar-refractivity contribution in [3.05, 3.63) is 35.6 Å². The molecule has 1 heterocycles. The Labute approximate surface area is 116 Å². The van der Waals surface area contributed by atoms with E-state index in [4.69, 9.17) is 0 Å². The van der Waals surface area contributed by atoms with E-state index in [9.17, 15) is 4.39 Å². The van der Waals surface area contributed by atoms with E-state index in [1.807, 2.05) is 12.1 Å². The summed E-state index contributed by atoms with van der Waals surface area (Å²) in [5.74, 6) is 0.683. The van der Waals surface area contributed by atoms with E-state index in [0.717, 1.165) is 37.7 Å². The molecule has 0 aliphatic carbocycles. The van der Waals surface area contributed by atoms with Gasteiger partial charge >= 0.3 is 0 Å². The zero-order chi connectivity index (χ0) is 13.7. The second-order valence-corrected chi connectivity index (χ2v) is 5.55. The van der Waals surface area contributed by atoms with Gasteiger partial charge in [-0.1, -0.05) is 25.1 Å². The predicted octanol–water partition coefficient (Wildman–Crippen LogP) is 3.04. The first-order valence-corrected chi connectivity index (χ1v) is 7.40. The fraction of sp³-hybridized carbons (Fsp3) is 0.625. The lowest BCUT2D eigenvalue weighted by atomic mass is 9.90. The van der Waals surface area contributed by atoms with Crippen LogP contribution in [0.5, 0.6) is 0 Å². The van der Waals surface area contributed by atoms with E-state index < -0.39 is 0 Å². The van der Waals surface area contributed by atoms with Gasteiger partial charge in [0, 0.05) is 18.2 Å². The molecular weight excluding hydrogens is 239 g/mol. The van der Waals surface area contributed by atoms with Crippen molar-refractivity contribution in [2.75, 3.05) is 19.6 Å². The van der Waals surface area contributed by atoms with Crippen molar-refractivity contribution < 1.29 is 4.39 Å². The van der Waals surface area contributed by atoms with E-state index >= 15 is 0 Å². The van der Waals surface area contributed by atoms with Gasteiger partial charge in [-0.05, 0) is 51.4 Å². The van der Waals surface area contributed by atoms with Crippen LogP contribution in [-0.2, 0) is 6.54 Å². The molecule has 1 aromatic rings. The highest BCUT2D eigenvalue weighted by atomic mass is 19.1. The monoisotopic (exact) mass is 264 g/mol. The van der Waals surface area contributed by atoms with Gasteiger partial charge in [0.25, 0.3) is 0 Å². The van der Waals surface area contributed by atoms with Crippen molar-refractivity contribution in [3.63, 3.8) is 0 Å².